The molecule has 2 unspecified atom stereocenters. The Labute approximate surface area is 122 Å². The van der Waals surface area contributed by atoms with Crippen LogP contribution in [-0.4, -0.2) is 27.6 Å². The summed E-state index contributed by atoms with van der Waals surface area (Å²) in [5, 5.41) is 7.85. The molecule has 104 valence electrons. The molecule has 2 aliphatic rings. The lowest BCUT2D eigenvalue weighted by atomic mass is 9.87. The molecule has 5 heteroatoms. The number of hydrogen-bond acceptors (Lipinski definition) is 3. The van der Waals surface area contributed by atoms with Crippen LogP contribution in [0.1, 0.15) is 49.5 Å². The Morgan fingerprint density at radius 2 is 2.16 bits per heavy atom. The lowest BCUT2D eigenvalue weighted by Gasteiger charge is -2.28. The molecule has 0 spiro atoms. The van der Waals surface area contributed by atoms with Crippen LogP contribution in [0.5, 0.6) is 0 Å². The topological polar surface area (TPSA) is 46.9 Å². The van der Waals surface area contributed by atoms with Crippen LogP contribution in [0.15, 0.2) is 10.7 Å². The van der Waals surface area contributed by atoms with Crippen LogP contribution in [0.4, 0.5) is 0 Å². The second kappa shape index (κ2) is 5.37. The van der Waals surface area contributed by atoms with Gasteiger partial charge in [0.1, 0.15) is 5.69 Å². The van der Waals surface area contributed by atoms with E-state index in [1.807, 2.05) is 6.92 Å². The summed E-state index contributed by atoms with van der Waals surface area (Å²) in [6.45, 7) is 2.76. The van der Waals surface area contributed by atoms with E-state index in [0.717, 1.165) is 29.6 Å². The molecular formula is C14H20BrN3O. The molecule has 1 N–H and O–H groups in total. The van der Waals surface area contributed by atoms with Crippen LogP contribution >= 0.6 is 15.9 Å². The van der Waals surface area contributed by atoms with Crippen LogP contribution in [0, 0.1) is 5.92 Å². The molecule has 3 heterocycles. The molecule has 2 aliphatic heterocycles. The first-order chi connectivity index (χ1) is 9.17. The number of piperidine rings is 1. The number of nitrogens with zero attached hydrogens (tertiary/aromatic N) is 2. The summed E-state index contributed by atoms with van der Waals surface area (Å²) in [5.74, 6) is 0.774. The molecule has 0 aliphatic carbocycles. The highest BCUT2D eigenvalue weighted by molar-refractivity contribution is 9.10. The molecule has 0 aromatic carbocycles. The molecule has 1 aromatic heterocycles. The largest absolute Gasteiger partial charge is 0.311 e. The van der Waals surface area contributed by atoms with Gasteiger partial charge in [-0.05, 0) is 54.5 Å². The summed E-state index contributed by atoms with van der Waals surface area (Å²) >= 11 is 3.44. The highest BCUT2D eigenvalue weighted by Gasteiger charge is 2.34. The van der Waals surface area contributed by atoms with Gasteiger partial charge in [0, 0.05) is 25.0 Å². The molecule has 0 saturated carbocycles. The average molecular weight is 326 g/mol. The van der Waals surface area contributed by atoms with Gasteiger partial charge in [0.2, 0.25) is 0 Å². The monoisotopic (exact) mass is 325 g/mol. The van der Waals surface area contributed by atoms with E-state index >= 15 is 0 Å². The molecule has 0 amide bonds. The molecule has 0 radical (unpaired) electrons. The van der Waals surface area contributed by atoms with Crippen molar-refractivity contribution in [2.45, 2.75) is 57.7 Å². The summed E-state index contributed by atoms with van der Waals surface area (Å²) in [6.07, 6.45) is 7.26. The minimum Gasteiger partial charge on any atom is -0.311 e. The number of fused-ring (bicyclic) bond motifs is 2. The van der Waals surface area contributed by atoms with E-state index in [4.69, 9.17) is 0 Å². The number of aryl methyl sites for hydroxylation is 1. The second-order valence-electron chi connectivity index (χ2n) is 5.76. The molecule has 2 bridgehead atoms. The first-order valence-electron chi connectivity index (χ1n) is 7.18. The van der Waals surface area contributed by atoms with Gasteiger partial charge < -0.3 is 5.32 Å². The zero-order valence-corrected chi connectivity index (χ0v) is 12.8. The van der Waals surface area contributed by atoms with Gasteiger partial charge >= 0.3 is 0 Å². The summed E-state index contributed by atoms with van der Waals surface area (Å²) < 4.78 is 2.62. The maximum absolute atomic E-state index is 12.5. The third-order valence-electron chi connectivity index (χ3n) is 4.40. The number of ketones is 1. The first kappa shape index (κ1) is 13.3. The van der Waals surface area contributed by atoms with Crippen LogP contribution in [0.3, 0.4) is 0 Å². The smallest absolute Gasteiger partial charge is 0.182 e. The number of nitrogens with one attached hydrogen (secondary N) is 1. The van der Waals surface area contributed by atoms with Crippen molar-refractivity contribution in [3.8, 4) is 0 Å². The van der Waals surface area contributed by atoms with Gasteiger partial charge in [-0.1, -0.05) is 0 Å². The van der Waals surface area contributed by atoms with Crippen molar-refractivity contribution in [2.24, 2.45) is 5.92 Å². The number of hydrogen-bond donors (Lipinski definition) is 1. The third-order valence-corrected chi connectivity index (χ3v) is 4.98. The van der Waals surface area contributed by atoms with E-state index < -0.39 is 0 Å². The van der Waals surface area contributed by atoms with E-state index in [9.17, 15) is 4.79 Å². The maximum Gasteiger partial charge on any atom is 0.182 e. The Hall–Kier alpha value is -0.680. The quantitative estimate of drug-likeness (QED) is 0.866. The maximum atomic E-state index is 12.5. The van der Waals surface area contributed by atoms with E-state index in [2.05, 4.69) is 26.3 Å². The number of aromatic nitrogens is 2. The predicted octanol–water partition coefficient (Wildman–Crippen LogP) is 2.77. The standard InChI is InChI=1S/C14H20BrN3O/c1-2-18-14(12(15)8-16-18)13(19)7-9-5-10-3-4-11(6-9)17-10/h8-11,17H,2-7H2,1H3. The number of halogens is 1. The normalized spacial score (nSPS) is 29.7. The zero-order valence-electron chi connectivity index (χ0n) is 11.2. The molecule has 2 fully saturated rings. The molecular weight excluding hydrogens is 306 g/mol. The number of carbonyl (C=O) groups is 1. The van der Waals surface area contributed by atoms with Crippen LogP contribution in [0.2, 0.25) is 0 Å². The Kier molecular flexibility index (Phi) is 3.76. The van der Waals surface area contributed by atoms with Crippen molar-refractivity contribution in [1.82, 2.24) is 15.1 Å². The summed E-state index contributed by atoms with van der Waals surface area (Å²) in [5.41, 5.74) is 0.744. The Bertz CT molecular complexity index is 473. The van der Waals surface area contributed by atoms with Gasteiger partial charge in [-0.3, -0.25) is 9.48 Å². The fraction of sp³-hybridized carbons (Fsp3) is 0.714. The average Bonchev–Trinajstić information content (AvgIpc) is 2.92. The van der Waals surface area contributed by atoms with E-state index in [-0.39, 0.29) is 5.78 Å². The van der Waals surface area contributed by atoms with Crippen molar-refractivity contribution in [1.29, 1.82) is 0 Å². The zero-order chi connectivity index (χ0) is 13.4. The minimum absolute atomic E-state index is 0.234. The van der Waals surface area contributed by atoms with Gasteiger partial charge in [-0.25, -0.2) is 0 Å². The minimum atomic E-state index is 0.234. The van der Waals surface area contributed by atoms with Gasteiger partial charge in [-0.2, -0.15) is 5.10 Å². The number of Topliss-reactive ketones (excluding diaryl/α,β-unsaturated/α-hetero) is 1. The van der Waals surface area contributed by atoms with Crippen molar-refractivity contribution >= 4 is 21.7 Å². The number of rotatable bonds is 4. The lowest BCUT2D eigenvalue weighted by molar-refractivity contribution is 0.0934. The van der Waals surface area contributed by atoms with Crippen molar-refractivity contribution < 1.29 is 4.79 Å². The molecule has 4 nitrogen and oxygen atoms in total. The second-order valence-corrected chi connectivity index (χ2v) is 6.61. The van der Waals surface area contributed by atoms with Crippen molar-refractivity contribution in [3.05, 3.63) is 16.4 Å². The summed E-state index contributed by atoms with van der Waals surface area (Å²) in [7, 11) is 0. The molecule has 1 aromatic rings. The highest BCUT2D eigenvalue weighted by Crippen LogP contribution is 2.33. The fourth-order valence-corrected chi connectivity index (χ4v) is 4.10. The van der Waals surface area contributed by atoms with E-state index in [0.29, 0.717) is 24.4 Å². The third kappa shape index (κ3) is 2.63. The molecule has 2 saturated heterocycles. The van der Waals surface area contributed by atoms with Gasteiger partial charge in [0.25, 0.3) is 0 Å². The Balaban J connectivity index is 1.69. The Morgan fingerprint density at radius 1 is 1.47 bits per heavy atom. The van der Waals surface area contributed by atoms with Crippen LogP contribution in [0.25, 0.3) is 0 Å². The SMILES string of the molecule is CCn1ncc(Br)c1C(=O)CC1CC2CCC(C1)N2. The predicted molar refractivity (Wildman–Crippen MR) is 77.2 cm³/mol. The van der Waals surface area contributed by atoms with E-state index in [1.165, 1.54) is 12.8 Å². The summed E-state index contributed by atoms with van der Waals surface area (Å²) in [4.78, 5) is 12.5. The first-order valence-corrected chi connectivity index (χ1v) is 7.97. The fourth-order valence-electron chi connectivity index (χ4n) is 3.58. The molecule has 2 atom stereocenters. The van der Waals surface area contributed by atoms with Gasteiger partial charge in [-0.15, -0.1) is 0 Å². The summed E-state index contributed by atoms with van der Waals surface area (Å²) in [6, 6.07) is 1.30. The number of carbonyl (C=O) groups excluding carboxylic acids is 1. The Morgan fingerprint density at radius 3 is 2.79 bits per heavy atom. The van der Waals surface area contributed by atoms with Crippen molar-refractivity contribution in [3.63, 3.8) is 0 Å². The lowest BCUT2D eigenvalue weighted by Crippen LogP contribution is -2.38. The van der Waals surface area contributed by atoms with Gasteiger partial charge in [0.15, 0.2) is 5.78 Å². The highest BCUT2D eigenvalue weighted by atomic mass is 79.9. The van der Waals surface area contributed by atoms with Crippen LogP contribution < -0.4 is 5.32 Å². The molecule has 19 heavy (non-hydrogen) atoms. The van der Waals surface area contributed by atoms with E-state index in [1.54, 1.807) is 10.9 Å². The van der Waals surface area contributed by atoms with Crippen LogP contribution in [-0.2, 0) is 6.54 Å². The molecule has 3 rings (SSSR count). The van der Waals surface area contributed by atoms with Crippen molar-refractivity contribution in [2.75, 3.05) is 0 Å². The van der Waals surface area contributed by atoms with Gasteiger partial charge in [0.05, 0.1) is 10.7 Å².